The van der Waals surface area contributed by atoms with E-state index in [0.717, 1.165) is 25.3 Å². The van der Waals surface area contributed by atoms with E-state index in [0.29, 0.717) is 12.6 Å². The summed E-state index contributed by atoms with van der Waals surface area (Å²) in [4.78, 5) is 11.3. The smallest absolute Gasteiger partial charge is 0.261 e. The molecule has 1 fully saturated rings. The Kier molecular flexibility index (Phi) is 4.26. The second kappa shape index (κ2) is 5.53. The summed E-state index contributed by atoms with van der Waals surface area (Å²) in [5, 5.41) is 2.52. The monoisotopic (exact) mass is 337 g/mol. The molecule has 0 bridgehead atoms. The van der Waals surface area contributed by atoms with Gasteiger partial charge < -0.3 is 5.32 Å². The second-order valence-corrected chi connectivity index (χ2v) is 7.81. The quantitative estimate of drug-likeness (QED) is 0.840. The highest BCUT2D eigenvalue weighted by Gasteiger charge is 2.40. The van der Waals surface area contributed by atoms with Crippen molar-refractivity contribution >= 4 is 25.6 Å². The Morgan fingerprint density at radius 3 is 2.48 bits per heavy atom. The average molecular weight is 338 g/mol. The van der Waals surface area contributed by atoms with Crippen molar-refractivity contribution in [2.75, 3.05) is 6.54 Å². The van der Waals surface area contributed by atoms with Crippen molar-refractivity contribution in [3.05, 3.63) is 29.3 Å². The summed E-state index contributed by atoms with van der Waals surface area (Å²) in [5.74, 6) is -3.68. The highest BCUT2D eigenvalue weighted by molar-refractivity contribution is 8.13. The molecule has 116 valence electrons. The van der Waals surface area contributed by atoms with Crippen molar-refractivity contribution in [2.45, 2.75) is 31.1 Å². The maximum Gasteiger partial charge on any atom is 0.261 e. The largest absolute Gasteiger partial charge is 0.351 e. The van der Waals surface area contributed by atoms with Crippen LogP contribution in [0, 0.1) is 17.0 Å². The summed E-state index contributed by atoms with van der Waals surface area (Å²) in [5.41, 5.74) is -0.637. The van der Waals surface area contributed by atoms with Gasteiger partial charge in [-0.3, -0.25) is 4.79 Å². The third-order valence-corrected chi connectivity index (χ3v) is 5.19. The van der Waals surface area contributed by atoms with Gasteiger partial charge in [-0.05, 0) is 36.8 Å². The fourth-order valence-corrected chi connectivity index (χ4v) is 2.84. The molecule has 1 saturated carbocycles. The van der Waals surface area contributed by atoms with Gasteiger partial charge >= 0.3 is 0 Å². The summed E-state index contributed by atoms with van der Waals surface area (Å²) in [6.45, 7) is 2.33. The summed E-state index contributed by atoms with van der Waals surface area (Å²) >= 11 is 0. The number of benzene rings is 1. The molecule has 4 nitrogen and oxygen atoms in total. The van der Waals surface area contributed by atoms with Crippen LogP contribution in [0.25, 0.3) is 0 Å². The Bertz CT molecular complexity index is 687. The third-order valence-electron chi connectivity index (χ3n) is 3.86. The maximum absolute atomic E-state index is 13.7. The molecule has 0 heterocycles. The number of carbonyl (C=O) groups is 1. The molecule has 0 aliphatic heterocycles. The van der Waals surface area contributed by atoms with Crippen molar-refractivity contribution in [1.29, 1.82) is 0 Å². The van der Waals surface area contributed by atoms with Crippen LogP contribution >= 0.6 is 10.7 Å². The molecule has 0 spiro atoms. The van der Waals surface area contributed by atoms with Crippen LogP contribution in [0.4, 0.5) is 8.78 Å². The lowest BCUT2D eigenvalue weighted by molar-refractivity contribution is 0.0939. The van der Waals surface area contributed by atoms with Gasteiger partial charge in [0.25, 0.3) is 15.0 Å². The van der Waals surface area contributed by atoms with E-state index < -0.39 is 37.1 Å². The van der Waals surface area contributed by atoms with Crippen LogP contribution in [0.5, 0.6) is 0 Å². The fourth-order valence-electron chi connectivity index (χ4n) is 2.07. The first-order valence-corrected chi connectivity index (χ1v) is 8.71. The second-order valence-electron chi connectivity index (χ2n) is 5.24. The van der Waals surface area contributed by atoms with Crippen LogP contribution in [0.1, 0.15) is 36.5 Å². The van der Waals surface area contributed by atoms with Gasteiger partial charge in [0.2, 0.25) is 0 Å². The third kappa shape index (κ3) is 3.52. The van der Waals surface area contributed by atoms with Crippen molar-refractivity contribution in [1.82, 2.24) is 5.32 Å². The normalized spacial score (nSPS) is 16.6. The lowest BCUT2D eigenvalue weighted by atomic mass is 10.0. The molecule has 1 aliphatic carbocycles. The lowest BCUT2D eigenvalue weighted by Gasteiger charge is -2.14. The van der Waals surface area contributed by atoms with Crippen LogP contribution in [0.2, 0.25) is 0 Å². The average Bonchev–Trinajstić information content (AvgIpc) is 3.18. The Morgan fingerprint density at radius 1 is 1.38 bits per heavy atom. The predicted octanol–water partition coefficient (Wildman–Crippen LogP) is 2.81. The Balaban J connectivity index is 2.26. The molecule has 1 aromatic rings. The van der Waals surface area contributed by atoms with Gasteiger partial charge in [0.15, 0.2) is 11.6 Å². The summed E-state index contributed by atoms with van der Waals surface area (Å²) in [6, 6.07) is 1.18. The topological polar surface area (TPSA) is 63.2 Å². The van der Waals surface area contributed by atoms with E-state index in [4.69, 9.17) is 10.7 Å². The molecular formula is C13H14ClF2NO3S. The van der Waals surface area contributed by atoms with Crippen LogP contribution in [-0.2, 0) is 9.05 Å². The SMILES string of the molecule is CCC1(CNC(=O)c2cc(S(=O)(=O)Cl)cc(F)c2F)CC1. The molecule has 1 aliphatic rings. The highest BCUT2D eigenvalue weighted by Crippen LogP contribution is 2.47. The first kappa shape index (κ1) is 16.2. The minimum absolute atomic E-state index is 0.0286. The predicted molar refractivity (Wildman–Crippen MR) is 73.7 cm³/mol. The molecule has 1 aromatic carbocycles. The summed E-state index contributed by atoms with van der Waals surface area (Å²) in [7, 11) is 0.845. The van der Waals surface area contributed by atoms with E-state index >= 15 is 0 Å². The van der Waals surface area contributed by atoms with Crippen molar-refractivity contribution in [3.8, 4) is 0 Å². The first-order chi connectivity index (χ1) is 9.68. The minimum Gasteiger partial charge on any atom is -0.351 e. The minimum atomic E-state index is -4.25. The fraction of sp³-hybridized carbons (Fsp3) is 0.462. The van der Waals surface area contributed by atoms with Crippen LogP contribution in [-0.4, -0.2) is 20.9 Å². The Hall–Kier alpha value is -1.21. The zero-order valence-electron chi connectivity index (χ0n) is 11.3. The van der Waals surface area contributed by atoms with Gasteiger partial charge in [-0.1, -0.05) is 6.92 Å². The number of hydrogen-bond donors (Lipinski definition) is 1. The van der Waals surface area contributed by atoms with Gasteiger partial charge in [0.05, 0.1) is 10.5 Å². The molecule has 0 radical (unpaired) electrons. The van der Waals surface area contributed by atoms with Gasteiger partial charge in [0.1, 0.15) is 0 Å². The zero-order valence-corrected chi connectivity index (χ0v) is 12.8. The van der Waals surface area contributed by atoms with Crippen LogP contribution in [0.15, 0.2) is 17.0 Å². The van der Waals surface area contributed by atoms with Crippen LogP contribution < -0.4 is 5.32 Å². The summed E-state index contributed by atoms with van der Waals surface area (Å²) < 4.78 is 49.4. The molecule has 1 amide bonds. The van der Waals surface area contributed by atoms with Gasteiger partial charge in [-0.25, -0.2) is 17.2 Å². The van der Waals surface area contributed by atoms with Crippen molar-refractivity contribution in [3.63, 3.8) is 0 Å². The van der Waals surface area contributed by atoms with E-state index in [1.54, 1.807) is 0 Å². The van der Waals surface area contributed by atoms with E-state index in [9.17, 15) is 22.0 Å². The molecule has 1 N–H and O–H groups in total. The number of nitrogens with one attached hydrogen (secondary N) is 1. The van der Waals surface area contributed by atoms with Gasteiger partial charge in [0, 0.05) is 17.2 Å². The standard InChI is InChI=1S/C13H14ClF2NO3S/c1-2-13(3-4-13)7-17-12(18)9-5-8(21(14,19)20)6-10(15)11(9)16/h5-6H,2-4,7H2,1H3,(H,17,18). The Labute approximate surface area is 125 Å². The van der Waals surface area contributed by atoms with Crippen molar-refractivity contribution < 1.29 is 22.0 Å². The molecule has 0 atom stereocenters. The molecule has 21 heavy (non-hydrogen) atoms. The molecule has 0 saturated heterocycles. The van der Waals surface area contributed by atoms with Gasteiger partial charge in [-0.2, -0.15) is 0 Å². The first-order valence-electron chi connectivity index (χ1n) is 6.40. The highest BCUT2D eigenvalue weighted by atomic mass is 35.7. The van der Waals surface area contributed by atoms with E-state index in [2.05, 4.69) is 5.32 Å². The number of hydrogen-bond acceptors (Lipinski definition) is 3. The van der Waals surface area contributed by atoms with E-state index in [-0.39, 0.29) is 5.41 Å². The van der Waals surface area contributed by atoms with Gasteiger partial charge in [-0.15, -0.1) is 0 Å². The van der Waals surface area contributed by atoms with Crippen LogP contribution in [0.3, 0.4) is 0 Å². The molecular weight excluding hydrogens is 324 g/mol. The van der Waals surface area contributed by atoms with E-state index in [1.807, 2.05) is 6.92 Å². The molecule has 8 heteroatoms. The number of rotatable bonds is 5. The maximum atomic E-state index is 13.7. The number of carbonyl (C=O) groups excluding carboxylic acids is 1. The number of amides is 1. The Morgan fingerprint density at radius 2 is 2.00 bits per heavy atom. The molecule has 2 rings (SSSR count). The number of halogens is 3. The molecule has 0 unspecified atom stereocenters. The summed E-state index contributed by atoms with van der Waals surface area (Å²) in [6.07, 6.45) is 2.81. The lowest BCUT2D eigenvalue weighted by Crippen LogP contribution is -2.31. The molecule has 0 aromatic heterocycles. The zero-order chi connectivity index (χ0) is 15.8. The van der Waals surface area contributed by atoms with Crippen molar-refractivity contribution in [2.24, 2.45) is 5.41 Å². The van der Waals surface area contributed by atoms with E-state index in [1.165, 1.54) is 0 Å².